The van der Waals surface area contributed by atoms with Crippen molar-refractivity contribution in [2.75, 3.05) is 20.3 Å². The molecule has 0 amide bonds. The number of hydrogen-bond donors (Lipinski definition) is 1. The van der Waals surface area contributed by atoms with Crippen LogP contribution in [-0.4, -0.2) is 37.5 Å². The highest BCUT2D eigenvalue weighted by Crippen LogP contribution is 2.38. The fraction of sp³-hybridized carbons (Fsp3) is 1.00. The number of methoxy groups -OCH3 is 1. The second-order valence-electron chi connectivity index (χ2n) is 6.71. The summed E-state index contributed by atoms with van der Waals surface area (Å²) in [4.78, 5) is 0. The van der Waals surface area contributed by atoms with E-state index >= 15 is 0 Å². The van der Waals surface area contributed by atoms with Crippen LogP contribution in [0.15, 0.2) is 0 Å². The van der Waals surface area contributed by atoms with E-state index in [4.69, 9.17) is 9.47 Å². The van der Waals surface area contributed by atoms with E-state index in [2.05, 4.69) is 33.0 Å². The maximum atomic E-state index is 6.25. The average molecular weight is 285 g/mol. The Morgan fingerprint density at radius 3 is 2.35 bits per heavy atom. The lowest BCUT2D eigenvalue weighted by Crippen LogP contribution is -2.52. The quantitative estimate of drug-likeness (QED) is 0.660. The van der Waals surface area contributed by atoms with Gasteiger partial charge in [0.05, 0.1) is 11.2 Å². The maximum absolute atomic E-state index is 6.25. The normalized spacial score (nSPS) is 20.2. The number of rotatable bonds is 10. The fourth-order valence-corrected chi connectivity index (χ4v) is 3.32. The number of hydrogen-bond acceptors (Lipinski definition) is 3. The van der Waals surface area contributed by atoms with Crippen molar-refractivity contribution >= 4 is 0 Å². The molecule has 1 N–H and O–H groups in total. The SMILES string of the molecule is CCCNC(CCC(C)(C)OC)C1(OCC)CCCC1. The molecule has 1 rings (SSSR count). The van der Waals surface area contributed by atoms with Crippen LogP contribution in [0.4, 0.5) is 0 Å². The van der Waals surface area contributed by atoms with E-state index in [1.165, 1.54) is 32.1 Å². The van der Waals surface area contributed by atoms with Crippen LogP contribution in [0.5, 0.6) is 0 Å². The van der Waals surface area contributed by atoms with Crippen molar-refractivity contribution in [2.24, 2.45) is 0 Å². The van der Waals surface area contributed by atoms with E-state index in [0.717, 1.165) is 26.0 Å². The minimum absolute atomic E-state index is 0.0435. The number of nitrogens with one attached hydrogen (secondary N) is 1. The smallest absolute Gasteiger partial charge is 0.0834 e. The lowest BCUT2D eigenvalue weighted by Gasteiger charge is -2.39. The summed E-state index contributed by atoms with van der Waals surface area (Å²) in [5.41, 5.74) is 0.0197. The lowest BCUT2D eigenvalue weighted by atomic mass is 9.85. The molecule has 0 heterocycles. The highest BCUT2D eigenvalue weighted by atomic mass is 16.5. The largest absolute Gasteiger partial charge is 0.379 e. The zero-order valence-electron chi connectivity index (χ0n) is 14.3. The molecule has 0 aliphatic heterocycles. The standard InChI is InChI=1S/C17H35NO2/c1-6-14-18-15(10-13-16(3,4)19-5)17(20-7-2)11-8-9-12-17/h15,18H,6-14H2,1-5H3. The first-order valence-corrected chi connectivity index (χ1v) is 8.42. The molecule has 20 heavy (non-hydrogen) atoms. The molecule has 0 aromatic rings. The minimum Gasteiger partial charge on any atom is -0.379 e. The fourth-order valence-electron chi connectivity index (χ4n) is 3.32. The van der Waals surface area contributed by atoms with Crippen molar-refractivity contribution in [3.8, 4) is 0 Å². The van der Waals surface area contributed by atoms with Gasteiger partial charge in [0.1, 0.15) is 0 Å². The zero-order valence-corrected chi connectivity index (χ0v) is 14.3. The summed E-state index contributed by atoms with van der Waals surface area (Å²) in [6, 6.07) is 0.458. The molecular formula is C17H35NO2. The van der Waals surface area contributed by atoms with Crippen LogP contribution in [0.1, 0.15) is 72.6 Å². The van der Waals surface area contributed by atoms with Crippen LogP contribution < -0.4 is 5.32 Å². The molecule has 1 unspecified atom stereocenters. The molecule has 1 aliphatic carbocycles. The van der Waals surface area contributed by atoms with Crippen molar-refractivity contribution in [1.82, 2.24) is 5.32 Å². The Labute approximate surface area is 125 Å². The van der Waals surface area contributed by atoms with Crippen LogP contribution in [0.3, 0.4) is 0 Å². The highest BCUT2D eigenvalue weighted by molar-refractivity contribution is 4.97. The Morgan fingerprint density at radius 1 is 1.20 bits per heavy atom. The van der Waals surface area contributed by atoms with Gasteiger partial charge in [-0.3, -0.25) is 0 Å². The molecule has 1 saturated carbocycles. The van der Waals surface area contributed by atoms with Crippen LogP contribution >= 0.6 is 0 Å². The Hall–Kier alpha value is -0.120. The monoisotopic (exact) mass is 285 g/mol. The lowest BCUT2D eigenvalue weighted by molar-refractivity contribution is -0.0698. The van der Waals surface area contributed by atoms with Crippen molar-refractivity contribution in [3.63, 3.8) is 0 Å². The first kappa shape index (κ1) is 17.9. The second kappa shape index (κ2) is 8.35. The molecular weight excluding hydrogens is 250 g/mol. The van der Waals surface area contributed by atoms with Gasteiger partial charge in [-0.25, -0.2) is 0 Å². The molecule has 1 atom stereocenters. The van der Waals surface area contributed by atoms with Crippen LogP contribution in [-0.2, 0) is 9.47 Å². The number of ether oxygens (including phenoxy) is 2. The Bertz CT molecular complexity index is 260. The molecule has 120 valence electrons. The second-order valence-corrected chi connectivity index (χ2v) is 6.71. The van der Waals surface area contributed by atoms with Gasteiger partial charge in [-0.1, -0.05) is 19.8 Å². The van der Waals surface area contributed by atoms with E-state index in [0.29, 0.717) is 6.04 Å². The van der Waals surface area contributed by atoms with E-state index in [1.54, 1.807) is 0 Å². The summed E-state index contributed by atoms with van der Waals surface area (Å²) >= 11 is 0. The van der Waals surface area contributed by atoms with E-state index in [-0.39, 0.29) is 11.2 Å². The van der Waals surface area contributed by atoms with Crippen molar-refractivity contribution in [3.05, 3.63) is 0 Å². The first-order valence-electron chi connectivity index (χ1n) is 8.42. The molecule has 0 saturated heterocycles. The van der Waals surface area contributed by atoms with E-state index in [1.807, 2.05) is 7.11 Å². The molecule has 0 spiro atoms. The highest BCUT2D eigenvalue weighted by Gasteiger charge is 2.42. The summed E-state index contributed by atoms with van der Waals surface area (Å²) in [6.45, 7) is 10.6. The maximum Gasteiger partial charge on any atom is 0.0834 e. The van der Waals surface area contributed by atoms with Gasteiger partial charge in [0, 0.05) is 19.8 Å². The molecule has 0 aromatic carbocycles. The molecule has 0 bridgehead atoms. The van der Waals surface area contributed by atoms with Gasteiger partial charge in [-0.15, -0.1) is 0 Å². The molecule has 1 fully saturated rings. The van der Waals surface area contributed by atoms with Crippen LogP contribution in [0.25, 0.3) is 0 Å². The summed E-state index contributed by atoms with van der Waals surface area (Å²) in [6.07, 6.45) is 8.38. The third kappa shape index (κ3) is 5.01. The van der Waals surface area contributed by atoms with Crippen molar-refractivity contribution in [1.29, 1.82) is 0 Å². The predicted octanol–water partition coefficient (Wildman–Crippen LogP) is 3.91. The zero-order chi connectivity index (χ0) is 15.1. The van der Waals surface area contributed by atoms with Gasteiger partial charge in [-0.2, -0.15) is 0 Å². The first-order chi connectivity index (χ1) is 9.49. The van der Waals surface area contributed by atoms with Gasteiger partial charge < -0.3 is 14.8 Å². The van der Waals surface area contributed by atoms with Crippen molar-refractivity contribution in [2.45, 2.75) is 89.9 Å². The van der Waals surface area contributed by atoms with Gasteiger partial charge in [0.2, 0.25) is 0 Å². The van der Waals surface area contributed by atoms with E-state index < -0.39 is 0 Å². The molecule has 3 nitrogen and oxygen atoms in total. The van der Waals surface area contributed by atoms with Gasteiger partial charge >= 0.3 is 0 Å². The van der Waals surface area contributed by atoms with Gasteiger partial charge in [0.15, 0.2) is 0 Å². The van der Waals surface area contributed by atoms with Gasteiger partial charge in [0.25, 0.3) is 0 Å². The average Bonchev–Trinajstić information content (AvgIpc) is 2.89. The summed E-state index contributed by atoms with van der Waals surface area (Å²) < 4.78 is 11.8. The Balaban J connectivity index is 2.70. The van der Waals surface area contributed by atoms with Gasteiger partial charge in [-0.05, 0) is 59.4 Å². The van der Waals surface area contributed by atoms with E-state index in [9.17, 15) is 0 Å². The Kier molecular flexibility index (Phi) is 7.49. The summed E-state index contributed by atoms with van der Waals surface area (Å²) in [7, 11) is 1.81. The topological polar surface area (TPSA) is 30.5 Å². The summed E-state index contributed by atoms with van der Waals surface area (Å²) in [5.74, 6) is 0. The minimum atomic E-state index is -0.0435. The predicted molar refractivity (Wildman–Crippen MR) is 85.2 cm³/mol. The molecule has 0 aromatic heterocycles. The molecule has 3 heteroatoms. The third-order valence-electron chi connectivity index (χ3n) is 4.75. The van der Waals surface area contributed by atoms with Crippen LogP contribution in [0.2, 0.25) is 0 Å². The van der Waals surface area contributed by atoms with Crippen molar-refractivity contribution < 1.29 is 9.47 Å². The van der Waals surface area contributed by atoms with Crippen LogP contribution in [0, 0.1) is 0 Å². The Morgan fingerprint density at radius 2 is 1.85 bits per heavy atom. The third-order valence-corrected chi connectivity index (χ3v) is 4.75. The summed E-state index contributed by atoms with van der Waals surface area (Å²) in [5, 5.41) is 3.75. The molecule has 1 aliphatic rings. The molecule has 0 radical (unpaired) electrons.